The zero-order valence-corrected chi connectivity index (χ0v) is 20.8. The second-order valence-corrected chi connectivity index (χ2v) is 9.79. The van der Waals surface area contributed by atoms with Crippen LogP contribution in [0.3, 0.4) is 0 Å². The fraction of sp³-hybridized carbons (Fsp3) is 0.423. The van der Waals surface area contributed by atoms with Crippen LogP contribution in [0.15, 0.2) is 53.0 Å². The van der Waals surface area contributed by atoms with Gasteiger partial charge < -0.3 is 15.0 Å². The lowest BCUT2D eigenvalue weighted by Gasteiger charge is -2.27. The zero-order chi connectivity index (χ0) is 23.3. The first-order chi connectivity index (χ1) is 16.7. The lowest BCUT2D eigenvalue weighted by atomic mass is 10.1. The van der Waals surface area contributed by atoms with E-state index in [0.29, 0.717) is 31.4 Å². The minimum Gasteiger partial charge on any atom is -0.379 e. The molecular weight excluding hydrogens is 494 g/mol. The van der Waals surface area contributed by atoms with Gasteiger partial charge in [0.05, 0.1) is 18.7 Å². The average molecular weight is 524 g/mol. The molecule has 1 saturated heterocycles. The number of carbonyl (C=O) groups excluding carboxylic acids is 1. The summed E-state index contributed by atoms with van der Waals surface area (Å²) in [5.74, 6) is 1.71. The number of aromatic nitrogens is 2. The highest BCUT2D eigenvalue weighted by Crippen LogP contribution is 2.35. The van der Waals surface area contributed by atoms with Crippen molar-refractivity contribution in [2.24, 2.45) is 0 Å². The van der Waals surface area contributed by atoms with E-state index in [0.717, 1.165) is 72.4 Å². The smallest absolute Gasteiger partial charge is 0.221 e. The Morgan fingerprint density at radius 1 is 1.12 bits per heavy atom. The minimum atomic E-state index is 0.0875. The highest BCUT2D eigenvalue weighted by atomic mass is 79.9. The van der Waals surface area contributed by atoms with Crippen molar-refractivity contribution in [3.05, 3.63) is 53.0 Å². The Balaban J connectivity index is 1.31. The van der Waals surface area contributed by atoms with Crippen LogP contribution in [-0.2, 0) is 9.53 Å². The number of fused-ring (bicyclic) bond motifs is 1. The number of nitrogens with one attached hydrogen (secondary N) is 1. The predicted molar refractivity (Wildman–Crippen MR) is 138 cm³/mol. The van der Waals surface area contributed by atoms with Crippen LogP contribution in [0.5, 0.6) is 0 Å². The Labute approximate surface area is 208 Å². The molecule has 1 N–H and O–H groups in total. The Kier molecular flexibility index (Phi) is 7.37. The maximum atomic E-state index is 12.6. The first-order valence-corrected chi connectivity index (χ1v) is 12.8. The SMILES string of the molecule is O=C(CCN(c1nc(-c2cccc(Br)c2)nc2ccccc12)C1CC1)NCCN1CCOCC1. The molecule has 8 heteroatoms. The van der Waals surface area contributed by atoms with Gasteiger partial charge in [0.1, 0.15) is 5.82 Å². The van der Waals surface area contributed by atoms with Crippen molar-refractivity contribution in [2.45, 2.75) is 25.3 Å². The van der Waals surface area contributed by atoms with E-state index in [4.69, 9.17) is 14.7 Å². The summed E-state index contributed by atoms with van der Waals surface area (Å²) in [4.78, 5) is 27.1. The van der Waals surface area contributed by atoms with E-state index in [9.17, 15) is 4.79 Å². The van der Waals surface area contributed by atoms with Crippen LogP contribution in [0.25, 0.3) is 22.3 Å². The number of ether oxygens (including phenoxy) is 1. The number of halogens is 1. The highest BCUT2D eigenvalue weighted by molar-refractivity contribution is 9.10. The van der Waals surface area contributed by atoms with E-state index in [2.05, 4.69) is 37.1 Å². The Hall–Kier alpha value is -2.55. The number of amides is 1. The van der Waals surface area contributed by atoms with Gasteiger partial charge in [0.2, 0.25) is 5.91 Å². The summed E-state index contributed by atoms with van der Waals surface area (Å²) >= 11 is 3.56. The molecule has 2 fully saturated rings. The van der Waals surface area contributed by atoms with Crippen molar-refractivity contribution in [2.75, 3.05) is 50.8 Å². The molecule has 1 aliphatic heterocycles. The molecule has 7 nitrogen and oxygen atoms in total. The van der Waals surface area contributed by atoms with E-state index >= 15 is 0 Å². The minimum absolute atomic E-state index is 0.0875. The molecule has 2 aromatic carbocycles. The topological polar surface area (TPSA) is 70.6 Å². The molecule has 3 aromatic rings. The van der Waals surface area contributed by atoms with Crippen LogP contribution in [0.2, 0.25) is 0 Å². The zero-order valence-electron chi connectivity index (χ0n) is 19.3. The molecule has 1 aliphatic carbocycles. The molecule has 0 bridgehead atoms. The van der Waals surface area contributed by atoms with Crippen LogP contribution in [-0.4, -0.2) is 72.8 Å². The van der Waals surface area contributed by atoms with Crippen LogP contribution in [0.4, 0.5) is 5.82 Å². The Morgan fingerprint density at radius 2 is 1.94 bits per heavy atom. The van der Waals surface area contributed by atoms with Gasteiger partial charge in [-0.25, -0.2) is 9.97 Å². The molecule has 0 atom stereocenters. The number of hydrogen-bond acceptors (Lipinski definition) is 6. The Morgan fingerprint density at radius 3 is 2.74 bits per heavy atom. The average Bonchev–Trinajstić information content (AvgIpc) is 3.70. The molecule has 1 saturated carbocycles. The monoisotopic (exact) mass is 523 g/mol. The van der Waals surface area contributed by atoms with Crippen LogP contribution >= 0.6 is 15.9 Å². The summed E-state index contributed by atoms with van der Waals surface area (Å²) in [6.45, 7) is 5.61. The predicted octanol–water partition coefficient (Wildman–Crippen LogP) is 3.87. The normalized spacial score (nSPS) is 16.5. The maximum absolute atomic E-state index is 12.6. The third-order valence-corrected chi connectivity index (χ3v) is 6.85. The fourth-order valence-corrected chi connectivity index (χ4v) is 4.77. The van der Waals surface area contributed by atoms with E-state index in [1.807, 2.05) is 42.5 Å². The highest BCUT2D eigenvalue weighted by Gasteiger charge is 2.31. The molecule has 0 radical (unpaired) electrons. The first-order valence-electron chi connectivity index (χ1n) is 12.0. The molecular formula is C26H30BrN5O2. The second kappa shape index (κ2) is 10.8. The number of nitrogens with zero attached hydrogens (tertiary/aromatic N) is 4. The molecule has 2 aliphatic rings. The number of para-hydroxylation sites is 1. The third kappa shape index (κ3) is 5.74. The molecule has 1 aromatic heterocycles. The standard InChI is InChI=1S/C26H30BrN5O2/c27-20-5-3-4-19(18-20)25-29-23-7-2-1-6-22(23)26(30-25)32(21-8-9-21)12-10-24(33)28-11-13-31-14-16-34-17-15-31/h1-7,18,21H,8-17H2,(H,28,33). The van der Waals surface area contributed by atoms with Gasteiger partial charge in [-0.15, -0.1) is 0 Å². The number of anilines is 1. The van der Waals surface area contributed by atoms with Crippen LogP contribution in [0, 0.1) is 0 Å². The largest absolute Gasteiger partial charge is 0.379 e. The van der Waals surface area contributed by atoms with Gasteiger partial charge in [0.15, 0.2) is 5.82 Å². The van der Waals surface area contributed by atoms with Crippen molar-refractivity contribution >= 4 is 38.6 Å². The maximum Gasteiger partial charge on any atom is 0.221 e. The summed E-state index contributed by atoms with van der Waals surface area (Å²) in [5.41, 5.74) is 1.89. The molecule has 0 spiro atoms. The number of benzene rings is 2. The summed E-state index contributed by atoms with van der Waals surface area (Å²) < 4.78 is 6.38. The van der Waals surface area contributed by atoms with Crippen molar-refractivity contribution in [3.63, 3.8) is 0 Å². The van der Waals surface area contributed by atoms with Gasteiger partial charge in [0.25, 0.3) is 0 Å². The van der Waals surface area contributed by atoms with Gasteiger partial charge >= 0.3 is 0 Å². The molecule has 5 rings (SSSR count). The van der Waals surface area contributed by atoms with Crippen molar-refractivity contribution in [1.29, 1.82) is 0 Å². The van der Waals surface area contributed by atoms with Gasteiger partial charge in [-0.2, -0.15) is 0 Å². The summed E-state index contributed by atoms with van der Waals surface area (Å²) in [6.07, 6.45) is 2.70. The summed E-state index contributed by atoms with van der Waals surface area (Å²) in [5, 5.41) is 4.12. The molecule has 178 valence electrons. The molecule has 1 amide bonds. The van der Waals surface area contributed by atoms with Crippen LogP contribution in [0.1, 0.15) is 19.3 Å². The van der Waals surface area contributed by atoms with Crippen LogP contribution < -0.4 is 10.2 Å². The second-order valence-electron chi connectivity index (χ2n) is 8.88. The van der Waals surface area contributed by atoms with Gasteiger partial charge in [-0.05, 0) is 37.1 Å². The summed E-state index contributed by atoms with van der Waals surface area (Å²) in [6, 6.07) is 16.6. The Bertz CT molecular complexity index is 1150. The lowest BCUT2D eigenvalue weighted by molar-refractivity contribution is -0.121. The first kappa shape index (κ1) is 23.2. The number of rotatable bonds is 9. The van der Waals surface area contributed by atoms with E-state index in [1.165, 1.54) is 0 Å². The van der Waals surface area contributed by atoms with E-state index < -0.39 is 0 Å². The third-order valence-electron chi connectivity index (χ3n) is 6.36. The number of hydrogen-bond donors (Lipinski definition) is 1. The summed E-state index contributed by atoms with van der Waals surface area (Å²) in [7, 11) is 0. The molecule has 34 heavy (non-hydrogen) atoms. The van der Waals surface area contributed by atoms with Crippen molar-refractivity contribution in [1.82, 2.24) is 20.2 Å². The molecule has 2 heterocycles. The van der Waals surface area contributed by atoms with Gasteiger partial charge in [-0.3, -0.25) is 9.69 Å². The van der Waals surface area contributed by atoms with E-state index in [-0.39, 0.29) is 5.91 Å². The quantitative estimate of drug-likeness (QED) is 0.459. The number of morpholine rings is 1. The molecule has 0 unspecified atom stereocenters. The number of carbonyl (C=O) groups is 1. The van der Waals surface area contributed by atoms with Gasteiger partial charge in [-0.1, -0.05) is 40.2 Å². The van der Waals surface area contributed by atoms with Crippen molar-refractivity contribution < 1.29 is 9.53 Å². The fourth-order valence-electron chi connectivity index (χ4n) is 4.37. The van der Waals surface area contributed by atoms with Gasteiger partial charge in [0, 0.05) is 60.6 Å². The van der Waals surface area contributed by atoms with E-state index in [1.54, 1.807) is 0 Å². The van der Waals surface area contributed by atoms with Crippen molar-refractivity contribution in [3.8, 4) is 11.4 Å². The lowest BCUT2D eigenvalue weighted by Crippen LogP contribution is -2.41.